The van der Waals surface area contributed by atoms with Crippen molar-refractivity contribution < 1.29 is 77.6 Å². The third-order valence-corrected chi connectivity index (χ3v) is 18.6. The number of phenolic OH excluding ortho intramolecular Hbond substituents is 1. The Labute approximate surface area is 637 Å². The van der Waals surface area contributed by atoms with E-state index in [9.17, 15) is 63.3 Å². The SMILES string of the molecule is CC[C@H](C)[C@H](NC(=O)CNC(=O)[C@@H](NC(=O)[C@H](Cc1c[nH]c2ccccc12)NC(=O)[C@H](Cc1ccccc1)NC(=O)[C@H](CC(C)C)NC(=O)[C@H](Cc1c[nH]c2ccccc12)NC(=O)[C@H](CS)NC(=O)[C@H](Cc1ccc(O)cc1)NC(=O)[C@H](CO)NC(=O)[C@H](C)NC(=O)[C@@H](N)CC(C)C)[C@@H](C)O)C(=O)N[C@@H](C)C(N)=O. The molecule has 109 heavy (non-hydrogen) atoms. The smallest absolute Gasteiger partial charge is 0.245 e. The first kappa shape index (κ1) is 87.0. The number of H-pyrrole nitrogens is 2. The molecule has 0 saturated carbocycles. The second-order valence-electron chi connectivity index (χ2n) is 28.1. The summed E-state index contributed by atoms with van der Waals surface area (Å²) in [7, 11) is 0. The standard InChI is InChI=1S/C76H104N16O16S/c1-10-41(6)63(76(108)82-42(7)65(78)97)91-62(96)36-81-75(107)64(44(9)94)92-72(104)59(33-48-35-80-54-23-17-15-21-51(48)54)87-69(101)56(30-45-18-12-11-13-19-45)85-68(100)55(29-40(4)5)84-71(103)58(32-47-34-79-53-22-16-14-20-50(47)53)88-74(106)61(38-109)90-70(102)57(31-46-24-26-49(95)27-25-46)86-73(105)60(37-93)89-66(98)43(8)83-67(99)52(77)28-39(2)3/h11-27,34-35,39-44,52,55-61,63-64,79-80,93-95,109H,10,28-33,36-38,77H2,1-9H3,(H2,78,97)(H,81,107)(H,82,108)(H,83,99)(H,84,103)(H,85,100)(H,86,105)(H,87,101)(H,88,106)(H,89,98)(H,90,102)(H,91,96)(H,92,104)/t41-,42-,43-,44+,52-,55-,56-,57-,58-,59-,60-,61-,63-,64-/m0/s1. The third kappa shape index (κ3) is 26.5. The van der Waals surface area contributed by atoms with Crippen molar-refractivity contribution in [1.82, 2.24) is 73.8 Å². The van der Waals surface area contributed by atoms with Crippen LogP contribution in [0, 0.1) is 17.8 Å². The molecule has 0 unspecified atom stereocenters. The van der Waals surface area contributed by atoms with Crippen LogP contribution < -0.4 is 75.3 Å². The van der Waals surface area contributed by atoms with Crippen LogP contribution in [0.1, 0.15) is 104 Å². The summed E-state index contributed by atoms with van der Waals surface area (Å²) >= 11 is 4.41. The Hall–Kier alpha value is -10.9. The van der Waals surface area contributed by atoms with Gasteiger partial charge in [-0.25, -0.2) is 0 Å². The molecule has 0 aliphatic carbocycles. The van der Waals surface area contributed by atoms with Crippen molar-refractivity contribution in [3.63, 3.8) is 0 Å². The van der Waals surface area contributed by atoms with Gasteiger partial charge in [-0.1, -0.05) is 127 Å². The normalized spacial score (nSPS) is 15.2. The van der Waals surface area contributed by atoms with Gasteiger partial charge < -0.3 is 101 Å². The number of carbonyl (C=O) groups excluding carboxylic acids is 13. The van der Waals surface area contributed by atoms with Crippen molar-refractivity contribution in [3.8, 4) is 5.75 Å². The molecule has 13 amide bonds. The third-order valence-electron chi connectivity index (χ3n) is 18.3. The van der Waals surface area contributed by atoms with Crippen LogP contribution in [0.15, 0.2) is 116 Å². The van der Waals surface area contributed by atoms with E-state index in [1.165, 1.54) is 45.0 Å². The summed E-state index contributed by atoms with van der Waals surface area (Å²) < 4.78 is 0. The summed E-state index contributed by atoms with van der Waals surface area (Å²) in [5, 5.41) is 63.8. The predicted molar refractivity (Wildman–Crippen MR) is 410 cm³/mol. The lowest BCUT2D eigenvalue weighted by molar-refractivity contribution is -0.136. The van der Waals surface area contributed by atoms with Crippen LogP contribution in [0.25, 0.3) is 21.8 Å². The Bertz CT molecular complexity index is 4130. The number of phenols is 1. The number of aromatic amines is 2. The Morgan fingerprint density at radius 1 is 0.440 bits per heavy atom. The number of thiol groups is 1. The summed E-state index contributed by atoms with van der Waals surface area (Å²) in [6, 6.07) is 11.5. The van der Waals surface area contributed by atoms with Crippen LogP contribution >= 0.6 is 12.6 Å². The number of para-hydroxylation sites is 2. The Kier molecular flexibility index (Phi) is 33.5. The zero-order valence-corrected chi connectivity index (χ0v) is 63.4. The minimum absolute atomic E-state index is 0.0436. The van der Waals surface area contributed by atoms with Crippen molar-refractivity contribution in [1.29, 1.82) is 0 Å². The highest BCUT2D eigenvalue weighted by Crippen LogP contribution is 2.23. The average molecular weight is 1530 g/mol. The number of aliphatic hydroxyl groups is 2. The second kappa shape index (κ2) is 42.0. The first-order chi connectivity index (χ1) is 51.7. The number of nitrogens with one attached hydrogen (secondary N) is 14. The topological polar surface area (TPSA) is 511 Å². The molecule has 2 heterocycles. The van der Waals surface area contributed by atoms with Gasteiger partial charge in [0.05, 0.1) is 25.3 Å². The molecule has 32 nitrogen and oxygen atoms in total. The first-order valence-electron chi connectivity index (χ1n) is 36.2. The maximum Gasteiger partial charge on any atom is 0.245 e. The molecular formula is C76H104N16O16S. The van der Waals surface area contributed by atoms with Crippen LogP contribution in [0.3, 0.4) is 0 Å². The van der Waals surface area contributed by atoms with Gasteiger partial charge in [0, 0.05) is 65.6 Å². The number of primary amides is 1. The van der Waals surface area contributed by atoms with Gasteiger partial charge in [0.25, 0.3) is 0 Å². The first-order valence-corrected chi connectivity index (χ1v) is 36.8. The van der Waals surface area contributed by atoms with Crippen molar-refractivity contribution in [2.45, 2.75) is 186 Å². The number of fused-ring (bicyclic) bond motifs is 2. The fraction of sp³-hybridized carbons (Fsp3) is 0.461. The van der Waals surface area contributed by atoms with Crippen LogP contribution in [-0.4, -0.2) is 200 Å². The highest BCUT2D eigenvalue weighted by atomic mass is 32.1. The lowest BCUT2D eigenvalue weighted by Gasteiger charge is -2.29. The summed E-state index contributed by atoms with van der Waals surface area (Å²) in [4.78, 5) is 188. The van der Waals surface area contributed by atoms with Gasteiger partial charge in [-0.05, 0) is 97.9 Å². The van der Waals surface area contributed by atoms with Crippen molar-refractivity contribution in [2.75, 3.05) is 18.9 Å². The lowest BCUT2D eigenvalue weighted by atomic mass is 9.98. The van der Waals surface area contributed by atoms with Crippen LogP contribution in [0.5, 0.6) is 5.75 Å². The van der Waals surface area contributed by atoms with Gasteiger partial charge >= 0.3 is 0 Å². The van der Waals surface area contributed by atoms with Gasteiger partial charge in [-0.15, -0.1) is 0 Å². The molecule has 0 aliphatic rings. The number of carbonyl (C=O) groups is 13. The Morgan fingerprint density at radius 3 is 1.34 bits per heavy atom. The molecule has 4 aromatic carbocycles. The van der Waals surface area contributed by atoms with E-state index in [1.807, 2.05) is 13.8 Å². The second-order valence-corrected chi connectivity index (χ2v) is 28.4. The van der Waals surface area contributed by atoms with Gasteiger partial charge in [-0.3, -0.25) is 62.3 Å². The lowest BCUT2D eigenvalue weighted by Crippen LogP contribution is -2.62. The minimum Gasteiger partial charge on any atom is -0.508 e. The molecular weight excluding hydrogens is 1420 g/mol. The number of aromatic hydroxyl groups is 1. The molecule has 0 saturated heterocycles. The maximum atomic E-state index is 15.2. The van der Waals surface area contributed by atoms with E-state index in [2.05, 4.69) is 86.4 Å². The number of hydrogen-bond acceptors (Lipinski definition) is 18. The number of nitrogens with two attached hydrogens (primary N) is 2. The monoisotopic (exact) mass is 1530 g/mol. The van der Waals surface area contributed by atoms with Crippen molar-refractivity contribution >= 4 is 111 Å². The van der Waals surface area contributed by atoms with Crippen molar-refractivity contribution in [2.24, 2.45) is 29.2 Å². The summed E-state index contributed by atoms with van der Waals surface area (Å²) in [6.45, 7) is 13.0. The van der Waals surface area contributed by atoms with E-state index in [0.29, 0.717) is 56.9 Å². The summed E-state index contributed by atoms with van der Waals surface area (Å²) in [6.07, 6.45) is 1.46. The van der Waals surface area contributed by atoms with E-state index in [0.717, 1.165) is 0 Å². The van der Waals surface area contributed by atoms with Gasteiger partial charge in [-0.2, -0.15) is 12.6 Å². The van der Waals surface area contributed by atoms with Crippen LogP contribution in [0.4, 0.5) is 0 Å². The van der Waals surface area contributed by atoms with Gasteiger partial charge in [0.1, 0.15) is 72.2 Å². The van der Waals surface area contributed by atoms with Crippen molar-refractivity contribution in [3.05, 3.63) is 138 Å². The predicted octanol–water partition coefficient (Wildman–Crippen LogP) is -0.632. The van der Waals surface area contributed by atoms with Gasteiger partial charge in [0.15, 0.2) is 0 Å². The fourth-order valence-electron chi connectivity index (χ4n) is 11.9. The molecule has 0 spiro atoms. The number of aliphatic hydroxyl groups excluding tert-OH is 2. The summed E-state index contributed by atoms with van der Waals surface area (Å²) in [5.41, 5.74) is 14.7. The Balaban J connectivity index is 1.26. The van der Waals surface area contributed by atoms with E-state index in [-0.39, 0.29) is 49.7 Å². The average Bonchev–Trinajstić information content (AvgIpc) is 1.71. The van der Waals surface area contributed by atoms with Gasteiger partial charge in [0.2, 0.25) is 76.8 Å². The van der Waals surface area contributed by atoms with E-state index >= 15 is 14.4 Å². The fourth-order valence-corrected chi connectivity index (χ4v) is 12.1. The Morgan fingerprint density at radius 2 is 0.862 bits per heavy atom. The van der Waals surface area contributed by atoms with Crippen LogP contribution in [-0.2, 0) is 88.0 Å². The molecule has 33 heteroatoms. The summed E-state index contributed by atoms with van der Waals surface area (Å²) in [5.74, 6) is -12.7. The molecule has 590 valence electrons. The molecule has 14 atom stereocenters. The number of aromatic nitrogens is 2. The molecule has 2 aromatic heterocycles. The molecule has 0 fully saturated rings. The zero-order chi connectivity index (χ0) is 80.3. The highest BCUT2D eigenvalue weighted by Gasteiger charge is 2.38. The molecule has 21 N–H and O–H groups in total. The molecule has 0 radical (unpaired) electrons. The van der Waals surface area contributed by atoms with E-state index < -0.39 is 180 Å². The highest BCUT2D eigenvalue weighted by molar-refractivity contribution is 7.80. The molecule has 0 aliphatic heterocycles. The maximum absolute atomic E-state index is 15.2. The van der Waals surface area contributed by atoms with E-state index in [1.54, 1.807) is 119 Å². The molecule has 0 bridgehead atoms. The molecule has 6 aromatic rings. The quantitative estimate of drug-likeness (QED) is 0.0212. The zero-order valence-electron chi connectivity index (χ0n) is 62.5. The minimum atomic E-state index is -1.75. The molecule has 6 rings (SSSR count). The largest absolute Gasteiger partial charge is 0.508 e. The van der Waals surface area contributed by atoms with E-state index in [4.69, 9.17) is 11.5 Å². The number of amides is 13. The van der Waals surface area contributed by atoms with Crippen LogP contribution in [0.2, 0.25) is 0 Å². The number of benzene rings is 4. The number of hydrogen-bond donors (Lipinski definition) is 20. The number of rotatable bonds is 42.